The van der Waals surface area contributed by atoms with Gasteiger partial charge < -0.3 is 14.5 Å². The number of hydrogen-bond donors (Lipinski definition) is 0. The molecule has 2 fully saturated rings. The summed E-state index contributed by atoms with van der Waals surface area (Å²) in [6.07, 6.45) is 5.08. The van der Waals surface area contributed by atoms with Gasteiger partial charge in [0.2, 0.25) is 0 Å². The van der Waals surface area contributed by atoms with Crippen LogP contribution >= 0.6 is 0 Å². The fourth-order valence-corrected chi connectivity index (χ4v) is 13.2. The molecule has 2 atom stereocenters. The van der Waals surface area contributed by atoms with Crippen LogP contribution in [0.4, 0.5) is 14.5 Å². The van der Waals surface area contributed by atoms with Gasteiger partial charge >= 0.3 is 0 Å². The van der Waals surface area contributed by atoms with E-state index in [0.29, 0.717) is 38.5 Å². The fraction of sp³-hybridized carbons (Fsp3) is 0.400. The lowest BCUT2D eigenvalue weighted by Gasteiger charge is -2.48. The average molecular weight is 608 g/mol. The molecule has 0 amide bonds. The Hall–Kier alpha value is -3.61. The van der Waals surface area contributed by atoms with Crippen molar-refractivity contribution in [3.8, 4) is 22.7 Å². The van der Waals surface area contributed by atoms with Crippen molar-refractivity contribution in [2.24, 2.45) is 0 Å². The molecule has 2 aliphatic heterocycles. The van der Waals surface area contributed by atoms with E-state index in [0.717, 1.165) is 36.8 Å². The van der Waals surface area contributed by atoms with Crippen LogP contribution in [-0.2, 0) is 4.79 Å². The molecule has 0 unspecified atom stereocenters. The lowest BCUT2D eigenvalue weighted by molar-refractivity contribution is 0.308. The number of anilines is 1. The zero-order chi connectivity index (χ0) is 31.3. The molecule has 44 heavy (non-hydrogen) atoms. The Bertz CT molecular complexity index is 1800. The highest BCUT2D eigenvalue weighted by Crippen LogP contribution is 2.43. The summed E-state index contributed by atoms with van der Waals surface area (Å²) < 4.78 is 32.2. The van der Waals surface area contributed by atoms with Gasteiger partial charge in [0.25, 0.3) is 7.41 Å². The molecule has 0 N–H and O–H groups in total. The van der Waals surface area contributed by atoms with Gasteiger partial charge in [-0.15, -0.1) is 5.54 Å². The Morgan fingerprint density at radius 3 is 2.45 bits per heavy atom. The third kappa shape index (κ3) is 4.74. The molecule has 0 saturated carbocycles. The first kappa shape index (κ1) is 30.4. The van der Waals surface area contributed by atoms with Gasteiger partial charge in [-0.2, -0.15) is 0 Å². The zero-order valence-corrected chi connectivity index (χ0v) is 27.2. The van der Waals surface area contributed by atoms with E-state index in [9.17, 15) is 4.79 Å². The highest BCUT2D eigenvalue weighted by molar-refractivity contribution is 6.90. The van der Waals surface area contributed by atoms with E-state index in [1.165, 1.54) is 6.07 Å². The van der Waals surface area contributed by atoms with Crippen molar-refractivity contribution in [1.82, 2.24) is 14.8 Å². The summed E-state index contributed by atoms with van der Waals surface area (Å²) in [5.41, 5.74) is 6.89. The normalized spacial score (nSPS) is 18.6. The summed E-state index contributed by atoms with van der Waals surface area (Å²) in [7, 11) is -0.539. The quantitative estimate of drug-likeness (QED) is 0.125. The molecule has 2 aromatic carbocycles. The number of nitrogens with zero attached hydrogens (tertiary/aromatic N) is 4. The van der Waals surface area contributed by atoms with Crippen LogP contribution in [-0.4, -0.2) is 61.6 Å². The summed E-state index contributed by atoms with van der Waals surface area (Å²) in [6.45, 7) is 14.9. The molecule has 0 spiro atoms. The van der Waals surface area contributed by atoms with E-state index < -0.39 is 19.7 Å². The lowest BCUT2D eigenvalue weighted by atomic mass is 9.88. The molecule has 5 nitrogen and oxygen atoms in total. The number of halogens is 2. The van der Waals surface area contributed by atoms with E-state index in [-0.39, 0.29) is 23.3 Å². The maximum Gasteiger partial charge on any atom is 0.293 e. The molecule has 4 aromatic rings. The molecular weight excluding hydrogens is 569 g/mol. The van der Waals surface area contributed by atoms with Crippen LogP contribution < -0.4 is 4.90 Å². The Morgan fingerprint density at radius 2 is 1.75 bits per heavy atom. The van der Waals surface area contributed by atoms with Crippen molar-refractivity contribution in [2.45, 2.75) is 76.7 Å². The Balaban J connectivity index is 1.47. The predicted molar refractivity (Wildman–Crippen MR) is 179 cm³/mol. The molecule has 2 saturated heterocycles. The summed E-state index contributed by atoms with van der Waals surface area (Å²) >= 11 is 0. The summed E-state index contributed by atoms with van der Waals surface area (Å²) in [4.78, 5) is 24.5. The van der Waals surface area contributed by atoms with E-state index in [1.54, 1.807) is 31.9 Å². The maximum atomic E-state index is 16.5. The van der Waals surface area contributed by atoms with Crippen molar-refractivity contribution in [3.05, 3.63) is 66.0 Å². The standard InChI is InChI=1S/C35H38BF2N4OSi/c1-21(2)44(22(3)4,23(5)6)17-14-25-28(37)11-10-24-8-7-9-26(32(24)25)34-33(38)35-27(18-40-34)29(12-15-39-35)41-19-31-30(41)13-16-42(31)36-20-43/h7-12,15,18,20-23,30-31H,13,16,19H2,1-6H3/t30-,31-/m1/s1. The molecule has 0 bridgehead atoms. The zero-order valence-electron chi connectivity index (χ0n) is 26.2. The molecule has 225 valence electrons. The van der Waals surface area contributed by atoms with Gasteiger partial charge in [0.15, 0.2) is 5.82 Å². The third-order valence-electron chi connectivity index (χ3n) is 10.1. The van der Waals surface area contributed by atoms with Crippen molar-refractivity contribution in [2.75, 3.05) is 18.0 Å². The smallest absolute Gasteiger partial charge is 0.293 e. The van der Waals surface area contributed by atoms with Crippen LogP contribution in [0.1, 0.15) is 53.5 Å². The lowest BCUT2D eigenvalue weighted by Crippen LogP contribution is -2.62. The maximum absolute atomic E-state index is 16.5. The van der Waals surface area contributed by atoms with Crippen molar-refractivity contribution in [3.63, 3.8) is 0 Å². The monoisotopic (exact) mass is 607 g/mol. The summed E-state index contributed by atoms with van der Waals surface area (Å²) in [5, 5.41) is 1.99. The number of carbonyl (C=O) groups is 1. The SMILES string of the molecule is CC(C)[Si](C#Cc1c(F)ccc2cccc(-c3ncc4c(N5C[C@@H]6[C@H]5CCN6[B]C=O)ccnc4c3F)c12)(C(C)C)C(C)C. The average Bonchev–Trinajstić information content (AvgIpc) is 3.28. The third-order valence-corrected chi connectivity index (χ3v) is 16.4. The number of benzene rings is 2. The van der Waals surface area contributed by atoms with Crippen LogP contribution in [0.2, 0.25) is 16.6 Å². The van der Waals surface area contributed by atoms with Gasteiger partial charge in [-0.25, -0.2) is 8.78 Å². The van der Waals surface area contributed by atoms with E-state index >= 15 is 8.78 Å². The van der Waals surface area contributed by atoms with Gasteiger partial charge in [0.1, 0.15) is 25.1 Å². The number of pyridine rings is 2. The van der Waals surface area contributed by atoms with Crippen molar-refractivity contribution >= 4 is 49.0 Å². The molecule has 2 aliphatic rings. The summed E-state index contributed by atoms with van der Waals surface area (Å²) in [6, 6.07) is 11.1. The van der Waals surface area contributed by atoms with E-state index in [2.05, 4.69) is 72.7 Å². The van der Waals surface area contributed by atoms with Gasteiger partial charge in [0.05, 0.1) is 11.7 Å². The number of carbonyl (C=O) groups excluding carboxylic acids is 1. The first-order valence-corrected chi connectivity index (χ1v) is 17.8. The van der Waals surface area contributed by atoms with Crippen molar-refractivity contribution in [1.29, 1.82) is 0 Å². The Labute approximate surface area is 260 Å². The topological polar surface area (TPSA) is 49.3 Å². The minimum atomic E-state index is -2.15. The molecular formula is C35H38BF2N4OSi. The van der Waals surface area contributed by atoms with Crippen LogP contribution in [0.3, 0.4) is 0 Å². The minimum Gasteiger partial charge on any atom is -0.365 e. The van der Waals surface area contributed by atoms with Gasteiger partial charge in [-0.1, -0.05) is 71.7 Å². The van der Waals surface area contributed by atoms with E-state index in [1.807, 2.05) is 18.2 Å². The second-order valence-corrected chi connectivity index (χ2v) is 18.7. The highest BCUT2D eigenvalue weighted by atomic mass is 28.3. The molecule has 2 aromatic heterocycles. The number of fused-ring (bicyclic) bond motifs is 3. The molecule has 4 heterocycles. The molecule has 6 rings (SSSR count). The van der Waals surface area contributed by atoms with Gasteiger partial charge in [-0.3, -0.25) is 9.97 Å². The van der Waals surface area contributed by atoms with Crippen LogP contribution in [0.25, 0.3) is 32.9 Å². The number of aromatic nitrogens is 2. The first-order valence-electron chi connectivity index (χ1n) is 15.6. The van der Waals surface area contributed by atoms with Crippen molar-refractivity contribution < 1.29 is 13.6 Å². The second-order valence-electron chi connectivity index (χ2n) is 13.1. The largest absolute Gasteiger partial charge is 0.365 e. The minimum absolute atomic E-state index is 0.135. The Kier molecular flexibility index (Phi) is 8.10. The fourth-order valence-electron chi connectivity index (χ4n) is 7.97. The van der Waals surface area contributed by atoms with Crippen LogP contribution in [0.15, 0.2) is 48.8 Å². The van der Waals surface area contributed by atoms with Gasteiger partial charge in [-0.05, 0) is 47.1 Å². The second kappa shape index (κ2) is 11.7. The van der Waals surface area contributed by atoms with Crippen LogP contribution in [0.5, 0.6) is 0 Å². The highest BCUT2D eigenvalue weighted by Gasteiger charge is 2.47. The number of rotatable bonds is 7. The van der Waals surface area contributed by atoms with E-state index in [4.69, 9.17) is 0 Å². The Morgan fingerprint density at radius 1 is 1.00 bits per heavy atom. The van der Waals surface area contributed by atoms with Gasteiger partial charge in [0, 0.05) is 53.0 Å². The molecule has 9 heteroatoms. The summed E-state index contributed by atoms with van der Waals surface area (Å²) in [5.74, 6) is 2.37. The van der Waals surface area contributed by atoms with Crippen LogP contribution in [0, 0.1) is 23.1 Å². The predicted octanol–water partition coefficient (Wildman–Crippen LogP) is 7.37. The molecule has 0 aliphatic carbocycles. The number of hydrogen-bond acceptors (Lipinski definition) is 5. The first-order chi connectivity index (χ1) is 21.1. The molecule has 1 radical (unpaired) electrons.